The Morgan fingerprint density at radius 1 is 1.08 bits per heavy atom. The molecule has 24 heavy (non-hydrogen) atoms. The fourth-order valence-electron chi connectivity index (χ4n) is 3.06. The van der Waals surface area contributed by atoms with E-state index < -0.39 is 0 Å². The monoisotopic (exact) mass is 446 g/mol. The number of hydrogen-bond acceptors (Lipinski definition) is 2. The summed E-state index contributed by atoms with van der Waals surface area (Å²) in [5, 5.41) is 2.57. The van der Waals surface area contributed by atoms with E-state index >= 15 is 0 Å². The Morgan fingerprint density at radius 3 is 2.67 bits per heavy atom. The van der Waals surface area contributed by atoms with Gasteiger partial charge >= 0.3 is 0 Å². The van der Waals surface area contributed by atoms with Crippen LogP contribution in [0.3, 0.4) is 0 Å². The average Bonchev–Trinajstić information content (AvgIpc) is 2.87. The Morgan fingerprint density at radius 2 is 1.88 bits per heavy atom. The first-order valence-corrected chi connectivity index (χ1v) is 8.56. The maximum atomic E-state index is 2.30. The van der Waals surface area contributed by atoms with Crippen molar-refractivity contribution in [3.63, 3.8) is 0 Å². The first kappa shape index (κ1) is 17.3. The minimum atomic E-state index is 0. The van der Waals surface area contributed by atoms with Crippen molar-refractivity contribution in [2.75, 3.05) is 11.9 Å². The normalized spacial score (nSPS) is 14.8. The fraction of sp³-hybridized carbons (Fsp3) is 0.150. The standard InChI is InChI=1S/C20H19N2S.HI/c1-14-8-9-17-16(12-14)15(10-11-21(17)2)13-20-22(3)18-6-4-5-7-19(18)23-20;/h4-13H,1-3H3;1H/q+1;/p-1. The molecular formula is C20H19IN2S. The molecule has 0 fully saturated rings. The molecule has 4 rings (SSSR count). The molecule has 3 aromatic rings. The highest BCUT2D eigenvalue weighted by Gasteiger charge is 2.21. The molecule has 0 radical (unpaired) electrons. The molecule has 0 aliphatic carbocycles. The summed E-state index contributed by atoms with van der Waals surface area (Å²) in [6.45, 7) is 2.15. The number of para-hydroxylation sites is 1. The average molecular weight is 446 g/mol. The molecule has 0 N–H and O–H groups in total. The zero-order valence-corrected chi connectivity index (χ0v) is 16.9. The maximum absolute atomic E-state index is 2.30. The molecule has 0 spiro atoms. The van der Waals surface area contributed by atoms with Gasteiger partial charge in [0.2, 0.25) is 5.52 Å². The van der Waals surface area contributed by atoms with E-state index in [4.69, 9.17) is 0 Å². The van der Waals surface area contributed by atoms with E-state index in [0.717, 1.165) is 0 Å². The lowest BCUT2D eigenvalue weighted by atomic mass is 10.1. The number of nitrogens with zero attached hydrogens (tertiary/aromatic N) is 2. The lowest BCUT2D eigenvalue weighted by molar-refractivity contribution is -0.644. The van der Waals surface area contributed by atoms with E-state index in [1.807, 2.05) is 11.8 Å². The first-order valence-electron chi connectivity index (χ1n) is 7.75. The van der Waals surface area contributed by atoms with Gasteiger partial charge in [0.15, 0.2) is 6.20 Å². The van der Waals surface area contributed by atoms with E-state index in [1.165, 1.54) is 37.6 Å². The van der Waals surface area contributed by atoms with Crippen molar-refractivity contribution in [1.82, 2.24) is 0 Å². The molecule has 2 aromatic carbocycles. The number of thioether (sulfide) groups is 1. The van der Waals surface area contributed by atoms with Crippen molar-refractivity contribution < 1.29 is 28.5 Å². The molecule has 0 saturated heterocycles. The van der Waals surface area contributed by atoms with Crippen LogP contribution >= 0.6 is 11.8 Å². The third kappa shape index (κ3) is 2.93. The molecule has 1 aliphatic rings. The molecule has 2 nitrogen and oxygen atoms in total. The van der Waals surface area contributed by atoms with Crippen LogP contribution in [0.1, 0.15) is 11.1 Å². The van der Waals surface area contributed by atoms with Gasteiger partial charge in [-0.3, -0.25) is 0 Å². The van der Waals surface area contributed by atoms with Gasteiger partial charge in [-0.2, -0.15) is 0 Å². The number of aromatic nitrogens is 1. The van der Waals surface area contributed by atoms with E-state index in [1.54, 1.807) is 0 Å². The second-order valence-electron chi connectivity index (χ2n) is 6.01. The van der Waals surface area contributed by atoms with E-state index in [-0.39, 0.29) is 24.0 Å². The molecule has 122 valence electrons. The van der Waals surface area contributed by atoms with Crippen LogP contribution in [0.25, 0.3) is 17.0 Å². The van der Waals surface area contributed by atoms with Gasteiger partial charge < -0.3 is 28.9 Å². The number of anilines is 1. The van der Waals surface area contributed by atoms with Crippen molar-refractivity contribution >= 4 is 34.4 Å². The number of rotatable bonds is 1. The minimum absolute atomic E-state index is 0. The SMILES string of the molecule is Cc1ccc2c(c1)c(/C=C1\Sc3ccccc3N1C)cc[n+]2C.[I-]. The highest BCUT2D eigenvalue weighted by Crippen LogP contribution is 2.45. The first-order chi connectivity index (χ1) is 11.1. The van der Waals surface area contributed by atoms with Crippen LogP contribution in [0.4, 0.5) is 5.69 Å². The lowest BCUT2D eigenvalue weighted by Gasteiger charge is -2.13. The summed E-state index contributed by atoms with van der Waals surface area (Å²) in [5.74, 6) is 0. The zero-order valence-electron chi connectivity index (χ0n) is 14.0. The predicted molar refractivity (Wildman–Crippen MR) is 98.5 cm³/mol. The number of hydrogen-bond donors (Lipinski definition) is 0. The summed E-state index contributed by atoms with van der Waals surface area (Å²) in [7, 11) is 4.24. The molecule has 1 aromatic heterocycles. The van der Waals surface area contributed by atoms with Crippen molar-refractivity contribution in [2.24, 2.45) is 7.05 Å². The Labute approximate surface area is 164 Å². The quantitative estimate of drug-likeness (QED) is 0.414. The predicted octanol–water partition coefficient (Wildman–Crippen LogP) is 1.52. The Bertz CT molecular complexity index is 950. The van der Waals surface area contributed by atoms with E-state index in [2.05, 4.69) is 91.3 Å². The lowest BCUT2D eigenvalue weighted by Crippen LogP contribution is -3.00. The summed E-state index contributed by atoms with van der Waals surface area (Å²) >= 11 is 1.84. The van der Waals surface area contributed by atoms with Crippen LogP contribution < -0.4 is 33.4 Å². The summed E-state index contributed by atoms with van der Waals surface area (Å²) in [4.78, 5) is 3.59. The maximum Gasteiger partial charge on any atom is 0.212 e. The van der Waals surface area contributed by atoms with Crippen molar-refractivity contribution in [1.29, 1.82) is 0 Å². The van der Waals surface area contributed by atoms with Gasteiger partial charge in [-0.25, -0.2) is 4.57 Å². The van der Waals surface area contributed by atoms with Crippen LogP contribution in [0.5, 0.6) is 0 Å². The molecule has 0 unspecified atom stereocenters. The van der Waals surface area contributed by atoms with Crippen LogP contribution in [0.15, 0.2) is 64.7 Å². The molecule has 0 bridgehead atoms. The third-order valence-corrected chi connectivity index (χ3v) is 5.54. The second kappa shape index (κ2) is 6.76. The molecule has 0 saturated carbocycles. The van der Waals surface area contributed by atoms with Crippen molar-refractivity contribution in [2.45, 2.75) is 11.8 Å². The van der Waals surface area contributed by atoms with Crippen LogP contribution in [0.2, 0.25) is 0 Å². The third-order valence-electron chi connectivity index (χ3n) is 4.37. The number of halogens is 1. The summed E-state index contributed by atoms with van der Waals surface area (Å²) in [6.07, 6.45) is 4.43. The van der Waals surface area contributed by atoms with Gasteiger partial charge in [0, 0.05) is 24.1 Å². The molecule has 2 heterocycles. The van der Waals surface area contributed by atoms with Gasteiger partial charge in [0.05, 0.1) is 16.1 Å². The topological polar surface area (TPSA) is 7.12 Å². The summed E-state index contributed by atoms with van der Waals surface area (Å²) < 4.78 is 2.18. The van der Waals surface area contributed by atoms with E-state index in [0.29, 0.717) is 0 Å². The van der Waals surface area contributed by atoms with Crippen molar-refractivity contribution in [3.05, 3.63) is 70.9 Å². The number of benzene rings is 2. The largest absolute Gasteiger partial charge is 1.00 e. The molecular weight excluding hydrogens is 427 g/mol. The molecule has 4 heteroatoms. The smallest absolute Gasteiger partial charge is 0.212 e. The zero-order chi connectivity index (χ0) is 16.0. The number of aryl methyl sites for hydroxylation is 2. The summed E-state index contributed by atoms with van der Waals surface area (Å²) in [6, 6.07) is 17.4. The highest BCUT2D eigenvalue weighted by atomic mass is 127. The Kier molecular flexibility index (Phi) is 4.88. The second-order valence-corrected chi connectivity index (χ2v) is 7.08. The van der Waals surface area contributed by atoms with Gasteiger partial charge in [-0.1, -0.05) is 35.5 Å². The van der Waals surface area contributed by atoms with E-state index in [9.17, 15) is 0 Å². The van der Waals surface area contributed by atoms with Crippen LogP contribution in [-0.2, 0) is 7.05 Å². The number of fused-ring (bicyclic) bond motifs is 2. The van der Waals surface area contributed by atoms with Gasteiger partial charge in [0.25, 0.3) is 0 Å². The van der Waals surface area contributed by atoms with Crippen molar-refractivity contribution in [3.8, 4) is 0 Å². The Hall–Kier alpha value is -1.53. The Balaban J connectivity index is 0.00000169. The van der Waals surface area contributed by atoms with Crippen LogP contribution in [0, 0.1) is 6.92 Å². The van der Waals surface area contributed by atoms with Gasteiger partial charge in [0.1, 0.15) is 7.05 Å². The van der Waals surface area contributed by atoms with Gasteiger partial charge in [-0.15, -0.1) is 0 Å². The molecule has 1 aliphatic heterocycles. The molecule has 0 amide bonds. The highest BCUT2D eigenvalue weighted by molar-refractivity contribution is 8.03. The molecule has 0 atom stereocenters. The van der Waals surface area contributed by atoms with Crippen LogP contribution in [-0.4, -0.2) is 7.05 Å². The minimum Gasteiger partial charge on any atom is -1.00 e. The fourth-order valence-corrected chi connectivity index (χ4v) is 4.16. The number of pyridine rings is 1. The van der Waals surface area contributed by atoms with Gasteiger partial charge in [-0.05, 0) is 36.8 Å². The summed E-state index contributed by atoms with van der Waals surface area (Å²) in [5.41, 5.74) is 5.10.